The lowest BCUT2D eigenvalue weighted by molar-refractivity contribution is 0.0483. The van der Waals surface area contributed by atoms with Crippen molar-refractivity contribution in [3.05, 3.63) is 22.9 Å². The van der Waals surface area contributed by atoms with Gasteiger partial charge in [-0.2, -0.15) is 5.26 Å². The summed E-state index contributed by atoms with van der Waals surface area (Å²) in [6.45, 7) is 9.28. The Balaban J connectivity index is 2.25. The number of hydrazine groups is 1. The smallest absolute Gasteiger partial charge is 0.426 e. The van der Waals surface area contributed by atoms with Gasteiger partial charge in [0.05, 0.1) is 30.0 Å². The molecule has 1 fully saturated rings. The van der Waals surface area contributed by atoms with Crippen LogP contribution in [0.15, 0.2) is 6.07 Å². The van der Waals surface area contributed by atoms with Crippen LogP contribution >= 0.6 is 0 Å². The van der Waals surface area contributed by atoms with Crippen molar-refractivity contribution in [2.75, 3.05) is 31.2 Å². The number of aryl methyl sites for hydroxylation is 1. The van der Waals surface area contributed by atoms with E-state index in [1.807, 2.05) is 11.8 Å². The van der Waals surface area contributed by atoms with E-state index in [0.29, 0.717) is 49.8 Å². The molecule has 9 heteroatoms. The number of amides is 2. The fraction of sp³-hybridized carbons (Fsp3) is 0.556. The Kier molecular flexibility index (Phi) is 6.58. The van der Waals surface area contributed by atoms with Crippen LogP contribution < -0.4 is 15.8 Å². The second-order valence-electron chi connectivity index (χ2n) is 7.00. The minimum absolute atomic E-state index is 0.210. The summed E-state index contributed by atoms with van der Waals surface area (Å²) in [4.78, 5) is 30.9. The summed E-state index contributed by atoms with van der Waals surface area (Å²) in [7, 11) is 0. The van der Waals surface area contributed by atoms with Gasteiger partial charge in [-0.1, -0.05) is 6.92 Å². The second-order valence-corrected chi connectivity index (χ2v) is 7.00. The maximum Gasteiger partial charge on any atom is 0.426 e. The highest BCUT2D eigenvalue weighted by molar-refractivity contribution is 6.00. The molecule has 1 saturated heterocycles. The molecule has 1 aliphatic rings. The van der Waals surface area contributed by atoms with Gasteiger partial charge < -0.3 is 14.4 Å². The van der Waals surface area contributed by atoms with Gasteiger partial charge in [-0.25, -0.2) is 15.2 Å². The Morgan fingerprint density at radius 3 is 2.56 bits per heavy atom. The van der Waals surface area contributed by atoms with E-state index in [0.717, 1.165) is 0 Å². The summed E-state index contributed by atoms with van der Waals surface area (Å²) in [5.41, 5.74) is 5.01. The monoisotopic (exact) mass is 375 g/mol. The first-order valence-corrected chi connectivity index (χ1v) is 8.81. The summed E-state index contributed by atoms with van der Waals surface area (Å²) in [6.07, 6.45) is -0.208. The van der Waals surface area contributed by atoms with Crippen molar-refractivity contribution in [3.63, 3.8) is 0 Å². The number of carbonyl (C=O) groups excluding carboxylic acids is 2. The van der Waals surface area contributed by atoms with Crippen molar-refractivity contribution >= 4 is 17.8 Å². The number of rotatable bonds is 3. The van der Waals surface area contributed by atoms with Crippen molar-refractivity contribution in [3.8, 4) is 6.07 Å². The highest BCUT2D eigenvalue weighted by Crippen LogP contribution is 2.23. The number of nitriles is 1. The predicted octanol–water partition coefficient (Wildman–Crippen LogP) is 1.52. The molecule has 9 nitrogen and oxygen atoms in total. The van der Waals surface area contributed by atoms with Gasteiger partial charge in [-0.3, -0.25) is 10.2 Å². The van der Waals surface area contributed by atoms with Gasteiger partial charge in [-0.15, -0.1) is 0 Å². The molecular weight excluding hydrogens is 350 g/mol. The van der Waals surface area contributed by atoms with Gasteiger partial charge >= 0.3 is 6.09 Å². The standard InChI is InChI=1S/C18H25N5O4/c1-5-14-12(11-19)10-13(15(20-14)23-6-8-26-9-7-23)16(24)21-22-17(25)27-18(2,3)4/h10H,5-9H2,1-4H3,(H,21,24)(H,22,25). The summed E-state index contributed by atoms with van der Waals surface area (Å²) < 4.78 is 10.4. The zero-order valence-corrected chi connectivity index (χ0v) is 16.1. The van der Waals surface area contributed by atoms with Crippen LogP contribution in [0, 0.1) is 11.3 Å². The Morgan fingerprint density at radius 2 is 2.00 bits per heavy atom. The first kappa shape index (κ1) is 20.5. The van der Waals surface area contributed by atoms with E-state index in [4.69, 9.17) is 9.47 Å². The number of carbonyl (C=O) groups is 2. The second kappa shape index (κ2) is 8.68. The van der Waals surface area contributed by atoms with Crippen molar-refractivity contribution in [1.82, 2.24) is 15.8 Å². The van der Waals surface area contributed by atoms with Crippen LogP contribution in [0.4, 0.5) is 10.6 Å². The molecule has 2 amide bonds. The van der Waals surface area contributed by atoms with Gasteiger partial charge in [0.15, 0.2) is 0 Å². The maximum atomic E-state index is 12.7. The molecule has 0 unspecified atom stereocenters. The van der Waals surface area contributed by atoms with Crippen LogP contribution in [0.5, 0.6) is 0 Å². The Morgan fingerprint density at radius 1 is 1.33 bits per heavy atom. The molecule has 1 aromatic rings. The lowest BCUT2D eigenvalue weighted by Gasteiger charge is -2.29. The highest BCUT2D eigenvalue weighted by atomic mass is 16.6. The third-order valence-electron chi connectivity index (χ3n) is 3.77. The number of morpholine rings is 1. The zero-order chi connectivity index (χ0) is 20.0. The van der Waals surface area contributed by atoms with Gasteiger partial charge in [0.2, 0.25) is 0 Å². The number of pyridine rings is 1. The van der Waals surface area contributed by atoms with Crippen molar-refractivity contribution in [2.45, 2.75) is 39.7 Å². The molecule has 0 saturated carbocycles. The Labute approximate surface area is 158 Å². The van der Waals surface area contributed by atoms with Gasteiger partial charge in [-0.05, 0) is 33.3 Å². The van der Waals surface area contributed by atoms with Crippen LogP contribution in [0.25, 0.3) is 0 Å². The summed E-state index contributed by atoms with van der Waals surface area (Å²) in [5, 5.41) is 9.36. The molecule has 2 N–H and O–H groups in total. The number of aromatic nitrogens is 1. The van der Waals surface area contributed by atoms with Crippen LogP contribution in [0.1, 0.15) is 49.3 Å². The van der Waals surface area contributed by atoms with Crippen LogP contribution in [-0.4, -0.2) is 48.9 Å². The summed E-state index contributed by atoms with van der Waals surface area (Å²) in [6, 6.07) is 3.57. The molecule has 2 heterocycles. The molecule has 2 rings (SSSR count). The quantitative estimate of drug-likeness (QED) is 0.769. The first-order chi connectivity index (χ1) is 12.7. The number of nitrogens with zero attached hydrogens (tertiary/aromatic N) is 3. The molecule has 0 aromatic carbocycles. The number of ether oxygens (including phenoxy) is 2. The van der Waals surface area contributed by atoms with Crippen LogP contribution in [0.3, 0.4) is 0 Å². The molecule has 0 bridgehead atoms. The van der Waals surface area contributed by atoms with E-state index in [-0.39, 0.29) is 5.56 Å². The van der Waals surface area contributed by atoms with E-state index in [2.05, 4.69) is 21.9 Å². The lowest BCUT2D eigenvalue weighted by Crippen LogP contribution is -2.45. The molecule has 146 valence electrons. The maximum absolute atomic E-state index is 12.7. The van der Waals surface area contributed by atoms with Gasteiger partial charge in [0.1, 0.15) is 17.5 Å². The highest BCUT2D eigenvalue weighted by Gasteiger charge is 2.24. The fourth-order valence-electron chi connectivity index (χ4n) is 2.57. The SMILES string of the molecule is CCc1nc(N2CCOCC2)c(C(=O)NNC(=O)OC(C)(C)C)cc1C#N. The largest absolute Gasteiger partial charge is 0.443 e. The van der Waals surface area contributed by atoms with Gasteiger partial charge in [0, 0.05) is 13.1 Å². The number of anilines is 1. The summed E-state index contributed by atoms with van der Waals surface area (Å²) in [5.74, 6) is -0.105. The normalized spacial score (nSPS) is 14.3. The topological polar surface area (TPSA) is 117 Å². The van der Waals surface area contributed by atoms with E-state index >= 15 is 0 Å². The zero-order valence-electron chi connectivity index (χ0n) is 16.1. The summed E-state index contributed by atoms with van der Waals surface area (Å²) >= 11 is 0. The van der Waals surface area contributed by atoms with E-state index < -0.39 is 17.6 Å². The molecule has 1 aromatic heterocycles. The fourth-order valence-corrected chi connectivity index (χ4v) is 2.57. The Hall–Kier alpha value is -2.86. The minimum atomic E-state index is -0.776. The number of nitrogens with one attached hydrogen (secondary N) is 2. The molecule has 0 aliphatic carbocycles. The van der Waals surface area contributed by atoms with Gasteiger partial charge in [0.25, 0.3) is 5.91 Å². The van der Waals surface area contributed by atoms with Crippen molar-refractivity contribution in [1.29, 1.82) is 5.26 Å². The predicted molar refractivity (Wildman–Crippen MR) is 98.2 cm³/mol. The van der Waals surface area contributed by atoms with Crippen LogP contribution in [0.2, 0.25) is 0 Å². The minimum Gasteiger partial charge on any atom is -0.443 e. The van der Waals surface area contributed by atoms with Crippen LogP contribution in [-0.2, 0) is 15.9 Å². The average Bonchev–Trinajstić information content (AvgIpc) is 2.64. The lowest BCUT2D eigenvalue weighted by atomic mass is 10.1. The molecule has 0 atom stereocenters. The average molecular weight is 375 g/mol. The Bertz CT molecular complexity index is 745. The number of hydrogen-bond donors (Lipinski definition) is 2. The van der Waals surface area contributed by atoms with Crippen molar-refractivity contribution < 1.29 is 19.1 Å². The molecule has 27 heavy (non-hydrogen) atoms. The first-order valence-electron chi connectivity index (χ1n) is 8.81. The van der Waals surface area contributed by atoms with E-state index in [9.17, 15) is 14.9 Å². The molecular formula is C18H25N5O4. The van der Waals surface area contributed by atoms with E-state index in [1.54, 1.807) is 20.8 Å². The molecule has 0 spiro atoms. The molecule has 0 radical (unpaired) electrons. The number of hydrogen-bond acceptors (Lipinski definition) is 7. The van der Waals surface area contributed by atoms with E-state index in [1.165, 1.54) is 6.07 Å². The third kappa shape index (κ3) is 5.56. The van der Waals surface area contributed by atoms with Crippen molar-refractivity contribution in [2.24, 2.45) is 0 Å². The molecule has 1 aliphatic heterocycles. The third-order valence-corrected chi connectivity index (χ3v) is 3.77.